The molecule has 3 heterocycles. The first-order chi connectivity index (χ1) is 35.8. The summed E-state index contributed by atoms with van der Waals surface area (Å²) in [7, 11) is -2.33. The van der Waals surface area contributed by atoms with Gasteiger partial charge < -0.3 is 65.3 Å². The Morgan fingerprint density at radius 2 is 1.05 bits per heavy atom. The summed E-state index contributed by atoms with van der Waals surface area (Å²) in [6, 6.07) is 20.5. The van der Waals surface area contributed by atoms with E-state index in [9.17, 15) is 14.4 Å². The number of carbonyl (C=O) groups excluding carboxylic acids is 3. The number of para-hydroxylation sites is 3. The van der Waals surface area contributed by atoms with E-state index in [1.165, 1.54) is 5.56 Å². The van der Waals surface area contributed by atoms with Crippen LogP contribution in [0.15, 0.2) is 54.6 Å². The Hall–Kier alpha value is -4.54. The summed E-state index contributed by atoms with van der Waals surface area (Å²) in [5.41, 5.74) is 17.2. The number of rotatable bonds is 25. The van der Waals surface area contributed by atoms with Crippen molar-refractivity contribution >= 4 is 34.6 Å². The number of nitrogens with one attached hydrogen (secondary N) is 3. The number of fused-ring (bicyclic) bond motifs is 3. The minimum absolute atomic E-state index is 0.0775. The van der Waals surface area contributed by atoms with E-state index in [2.05, 4.69) is 91.6 Å². The van der Waals surface area contributed by atoms with Crippen LogP contribution in [0.5, 0.6) is 17.2 Å². The summed E-state index contributed by atoms with van der Waals surface area (Å²) in [6.07, 6.45) is 8.92. The van der Waals surface area contributed by atoms with Crippen molar-refractivity contribution < 1.29 is 52.3 Å². The molecular formula is C58H95N5O11Si2. The van der Waals surface area contributed by atoms with Crippen molar-refractivity contribution in [2.24, 2.45) is 11.5 Å². The average molecular weight is 1090 g/mol. The van der Waals surface area contributed by atoms with E-state index in [1.54, 1.807) is 6.07 Å². The summed E-state index contributed by atoms with van der Waals surface area (Å²) < 4.78 is 45.7. The number of benzene rings is 3. The van der Waals surface area contributed by atoms with Crippen LogP contribution in [0.25, 0.3) is 0 Å². The third-order valence-corrected chi connectivity index (χ3v) is 16.4. The highest BCUT2D eigenvalue weighted by molar-refractivity contribution is 6.76. The molecule has 0 fully saturated rings. The molecule has 426 valence electrons. The number of nitrogens with two attached hydrogens (primary N) is 2. The highest BCUT2D eigenvalue weighted by Gasteiger charge is 2.31. The smallest absolute Gasteiger partial charge is 0.407 e. The maximum Gasteiger partial charge on any atom is 0.407 e. The lowest BCUT2D eigenvalue weighted by Gasteiger charge is -2.34. The lowest BCUT2D eigenvalue weighted by molar-refractivity contribution is -0.180. The highest BCUT2D eigenvalue weighted by Crippen LogP contribution is 2.37. The summed E-state index contributed by atoms with van der Waals surface area (Å²) in [4.78, 5) is 34.2. The molecule has 18 heteroatoms. The van der Waals surface area contributed by atoms with Gasteiger partial charge in [0, 0.05) is 118 Å². The summed E-state index contributed by atoms with van der Waals surface area (Å²) >= 11 is 0. The van der Waals surface area contributed by atoms with Gasteiger partial charge in [-0.3, -0.25) is 4.79 Å². The minimum atomic E-state index is -1.21. The molecule has 3 aliphatic rings. The molecular weight excluding hydrogens is 999 g/mol. The number of hydrogen-bond acceptors (Lipinski definition) is 14. The van der Waals surface area contributed by atoms with Crippen LogP contribution in [0.2, 0.25) is 51.4 Å². The van der Waals surface area contributed by atoms with Crippen LogP contribution in [-0.4, -0.2) is 96.9 Å². The van der Waals surface area contributed by atoms with Crippen LogP contribution < -0.4 is 41.6 Å². The third-order valence-electron chi connectivity index (χ3n) is 13.0. The molecule has 76 heavy (non-hydrogen) atoms. The van der Waals surface area contributed by atoms with Crippen molar-refractivity contribution in [3.8, 4) is 17.2 Å². The molecule has 0 unspecified atom stereocenters. The van der Waals surface area contributed by atoms with E-state index in [0.717, 1.165) is 116 Å². The summed E-state index contributed by atoms with van der Waals surface area (Å²) in [5, 5.41) is 9.50. The molecule has 3 aromatic carbocycles. The lowest BCUT2D eigenvalue weighted by atomic mass is 9.98. The fraction of sp³-hybridized carbons (Fsp3) is 0.638. The van der Waals surface area contributed by atoms with Crippen molar-refractivity contribution in [2.75, 3.05) is 32.8 Å². The molecule has 0 saturated carbocycles. The fourth-order valence-electron chi connectivity index (χ4n) is 8.31. The van der Waals surface area contributed by atoms with E-state index in [-0.39, 0.29) is 18.2 Å². The maximum atomic E-state index is 12.1. The third kappa shape index (κ3) is 24.4. The van der Waals surface area contributed by atoms with Crippen LogP contribution in [0.4, 0.5) is 9.59 Å². The number of alkyl carbamates (subject to hydrolysis) is 2. The monoisotopic (exact) mass is 1090 g/mol. The SMILES string of the molecule is CC1(C)OCc2cccc(C=O)c2O1.CC1(C)OCc2cccc(CCC[C@H](CCCCNC(=O)OCC[Si](C)(C)C)NCc3cccc4c3OC(C)(C)OC4)c2O1.C[Si](C)(C)CCOC(=O)NCCCC[C@H](N)CN. The Balaban J connectivity index is 0.000000317. The second-order valence-electron chi connectivity index (χ2n) is 23.8. The van der Waals surface area contributed by atoms with Gasteiger partial charge in [-0.15, -0.1) is 0 Å². The predicted molar refractivity (Wildman–Crippen MR) is 307 cm³/mol. The average Bonchev–Trinajstić information content (AvgIpc) is 3.34. The molecule has 3 aliphatic heterocycles. The number of carbonyl (C=O) groups is 3. The van der Waals surface area contributed by atoms with Gasteiger partial charge in [-0.1, -0.05) is 101 Å². The van der Waals surface area contributed by atoms with E-state index in [0.29, 0.717) is 70.0 Å². The number of aldehydes is 1. The Labute approximate surface area is 457 Å². The number of unbranched alkanes of at least 4 members (excludes halogenated alkanes) is 2. The summed E-state index contributed by atoms with van der Waals surface area (Å²) in [5.74, 6) is 0.671. The van der Waals surface area contributed by atoms with Crippen LogP contribution in [-0.2, 0) is 56.5 Å². The number of ether oxygens (including phenoxy) is 8. The van der Waals surface area contributed by atoms with Gasteiger partial charge in [-0.25, -0.2) is 9.59 Å². The van der Waals surface area contributed by atoms with Crippen LogP contribution >= 0.6 is 0 Å². The van der Waals surface area contributed by atoms with Crippen molar-refractivity contribution in [2.45, 2.75) is 207 Å². The van der Waals surface area contributed by atoms with Gasteiger partial charge >= 0.3 is 12.2 Å². The van der Waals surface area contributed by atoms with Gasteiger partial charge in [0.15, 0.2) is 6.29 Å². The topological polar surface area (TPSA) is 213 Å². The van der Waals surface area contributed by atoms with Gasteiger partial charge in [0.25, 0.3) is 0 Å². The van der Waals surface area contributed by atoms with Crippen molar-refractivity contribution in [3.05, 3.63) is 88.0 Å². The highest BCUT2D eigenvalue weighted by atomic mass is 28.3. The molecule has 0 aliphatic carbocycles. The normalized spacial score (nSPS) is 16.6. The molecule has 0 aromatic heterocycles. The van der Waals surface area contributed by atoms with Gasteiger partial charge in [0.2, 0.25) is 17.4 Å². The van der Waals surface area contributed by atoms with E-state index >= 15 is 0 Å². The maximum absolute atomic E-state index is 12.1. The second-order valence-corrected chi connectivity index (χ2v) is 35.1. The zero-order valence-corrected chi connectivity index (χ0v) is 50.2. The van der Waals surface area contributed by atoms with Gasteiger partial charge in [0.1, 0.15) is 17.2 Å². The molecule has 0 saturated heterocycles. The van der Waals surface area contributed by atoms with Crippen LogP contribution in [0.1, 0.15) is 131 Å². The van der Waals surface area contributed by atoms with Gasteiger partial charge in [-0.05, 0) is 68.7 Å². The molecule has 7 N–H and O–H groups in total. The number of hydrogen-bond donors (Lipinski definition) is 5. The van der Waals surface area contributed by atoms with Crippen molar-refractivity contribution in [1.82, 2.24) is 16.0 Å². The molecule has 3 aromatic rings. The van der Waals surface area contributed by atoms with Crippen LogP contribution in [0.3, 0.4) is 0 Å². The van der Waals surface area contributed by atoms with E-state index in [1.807, 2.05) is 53.7 Å². The number of aryl methyl sites for hydroxylation is 1. The second kappa shape index (κ2) is 30.6. The first kappa shape index (κ1) is 64.0. The molecule has 2 amide bonds. The predicted octanol–water partition coefficient (Wildman–Crippen LogP) is 11.3. The quantitative estimate of drug-likeness (QED) is 0.0303. The minimum Gasteiger partial charge on any atom is -0.462 e. The largest absolute Gasteiger partial charge is 0.462 e. The Morgan fingerprint density at radius 3 is 1.54 bits per heavy atom. The standard InChI is InChI=1S/C35H54N2O6Si.C12H29N3O2Si.C11H12O3/c1-34(2)40-24-28-16-10-13-26(31(28)42-34)14-12-19-30(18-8-9-20-36-33(38)39-21-22-44(5,6)7)37-23-27-15-11-17-29-25-41-35(3,4)43-32(27)29;1-18(2,3)9-8-17-12(16)15-7-5-4-6-11(14)10-13;1-11(2)13-7-9-5-3-4-8(6-12)10(9)14-11/h10-11,13,15-17,30,37H,8-9,12,14,18-25H2,1-7H3,(H,36,38);11H,4-10,13-14H2,1-3H3,(H,15,16);3-6H,7H2,1-2H3/t30-;11-;/m00./s1. The molecule has 0 spiro atoms. The first-order valence-electron chi connectivity index (χ1n) is 27.6. The van der Waals surface area contributed by atoms with Crippen molar-refractivity contribution in [1.29, 1.82) is 0 Å². The Kier molecular flexibility index (Phi) is 25.7. The lowest BCUT2D eigenvalue weighted by Crippen LogP contribution is -2.36. The molecule has 6 rings (SSSR count). The Morgan fingerprint density at radius 1 is 0.618 bits per heavy atom. The zero-order chi connectivity index (χ0) is 56.0. The molecule has 16 nitrogen and oxygen atoms in total. The van der Waals surface area contributed by atoms with E-state index in [4.69, 9.17) is 49.4 Å². The molecule has 2 atom stereocenters. The van der Waals surface area contributed by atoms with Crippen molar-refractivity contribution in [3.63, 3.8) is 0 Å². The Bertz CT molecular complexity index is 2270. The first-order valence-corrected chi connectivity index (χ1v) is 35.0. The molecule has 0 bridgehead atoms. The zero-order valence-electron chi connectivity index (χ0n) is 48.2. The summed E-state index contributed by atoms with van der Waals surface area (Å²) in [6.45, 7) is 30.3. The fourth-order valence-corrected chi connectivity index (χ4v) is 9.74. The number of amides is 2. The van der Waals surface area contributed by atoms with Crippen LogP contribution in [0, 0.1) is 0 Å². The van der Waals surface area contributed by atoms with Gasteiger partial charge in [-0.2, -0.15) is 0 Å². The molecule has 0 radical (unpaired) electrons. The van der Waals surface area contributed by atoms with E-state index < -0.39 is 33.5 Å². The van der Waals surface area contributed by atoms with Gasteiger partial charge in [0.05, 0.1) is 38.6 Å².